The van der Waals surface area contributed by atoms with Crippen LogP contribution in [0, 0.1) is 0 Å². The van der Waals surface area contributed by atoms with Crippen molar-refractivity contribution in [2.24, 2.45) is 10.9 Å². The van der Waals surface area contributed by atoms with Gasteiger partial charge in [0.25, 0.3) is 0 Å². The van der Waals surface area contributed by atoms with Crippen LogP contribution in [0.25, 0.3) is 0 Å². The molecule has 0 aliphatic carbocycles. The van der Waals surface area contributed by atoms with Crippen molar-refractivity contribution in [1.29, 1.82) is 0 Å². The predicted molar refractivity (Wildman–Crippen MR) is 53.8 cm³/mol. The van der Waals surface area contributed by atoms with E-state index in [2.05, 4.69) is 19.0 Å². The van der Waals surface area contributed by atoms with Gasteiger partial charge in [-0.15, -0.1) is 0 Å². The standard InChI is InChI=1S/C10H14N2O/c1-8(2)9-5-3-4-6-10(9)13-12-7-11/h3-8H,1-2H3,(H2,11,12). The van der Waals surface area contributed by atoms with Crippen LogP contribution in [-0.4, -0.2) is 6.34 Å². The number of nitrogens with zero attached hydrogens (tertiary/aromatic N) is 1. The normalized spacial score (nSPS) is 11.0. The molecule has 70 valence electrons. The highest BCUT2D eigenvalue weighted by Gasteiger charge is 2.05. The first-order valence-corrected chi connectivity index (χ1v) is 4.25. The second kappa shape index (κ2) is 4.50. The van der Waals surface area contributed by atoms with E-state index < -0.39 is 0 Å². The van der Waals surface area contributed by atoms with Crippen molar-refractivity contribution in [1.82, 2.24) is 0 Å². The predicted octanol–water partition coefficient (Wildman–Crippen LogP) is 2.09. The number of hydrogen-bond donors (Lipinski definition) is 1. The molecule has 0 aliphatic heterocycles. The van der Waals surface area contributed by atoms with Gasteiger partial charge >= 0.3 is 0 Å². The van der Waals surface area contributed by atoms with Gasteiger partial charge in [-0.2, -0.15) is 0 Å². The van der Waals surface area contributed by atoms with Gasteiger partial charge in [-0.1, -0.05) is 37.2 Å². The summed E-state index contributed by atoms with van der Waals surface area (Å²) < 4.78 is 0. The first kappa shape index (κ1) is 9.58. The molecule has 0 atom stereocenters. The summed E-state index contributed by atoms with van der Waals surface area (Å²) in [6, 6.07) is 7.79. The molecule has 0 heterocycles. The maximum atomic E-state index is 5.09. The van der Waals surface area contributed by atoms with Crippen molar-refractivity contribution < 1.29 is 4.84 Å². The van der Waals surface area contributed by atoms with Crippen LogP contribution in [0.3, 0.4) is 0 Å². The zero-order valence-electron chi connectivity index (χ0n) is 7.90. The molecule has 3 nitrogen and oxygen atoms in total. The molecule has 0 aromatic heterocycles. The molecule has 0 saturated carbocycles. The lowest BCUT2D eigenvalue weighted by Crippen LogP contribution is -1.96. The number of rotatable bonds is 3. The zero-order valence-corrected chi connectivity index (χ0v) is 7.90. The topological polar surface area (TPSA) is 47.6 Å². The van der Waals surface area contributed by atoms with Gasteiger partial charge in [0.2, 0.25) is 0 Å². The van der Waals surface area contributed by atoms with Crippen LogP contribution in [0.4, 0.5) is 0 Å². The number of oxime groups is 1. The first-order valence-electron chi connectivity index (χ1n) is 4.25. The molecule has 3 heteroatoms. The van der Waals surface area contributed by atoms with Crippen molar-refractivity contribution in [3.05, 3.63) is 29.8 Å². The second-order valence-corrected chi connectivity index (χ2v) is 3.04. The Bertz CT molecular complexity index is 295. The quantitative estimate of drug-likeness (QED) is 0.437. The average molecular weight is 178 g/mol. The fourth-order valence-corrected chi connectivity index (χ4v) is 1.13. The molecule has 0 spiro atoms. The largest absolute Gasteiger partial charge is 0.387 e. The van der Waals surface area contributed by atoms with Crippen molar-refractivity contribution in [2.75, 3.05) is 0 Å². The van der Waals surface area contributed by atoms with E-state index in [9.17, 15) is 0 Å². The molecule has 0 bridgehead atoms. The highest BCUT2D eigenvalue weighted by molar-refractivity contribution is 5.50. The van der Waals surface area contributed by atoms with Gasteiger partial charge in [0.05, 0.1) is 0 Å². The summed E-state index contributed by atoms with van der Waals surface area (Å²) in [6.45, 7) is 4.21. The fourth-order valence-electron chi connectivity index (χ4n) is 1.13. The number of benzene rings is 1. The monoisotopic (exact) mass is 178 g/mol. The van der Waals surface area contributed by atoms with E-state index in [1.54, 1.807) is 0 Å². The van der Waals surface area contributed by atoms with E-state index in [1.807, 2.05) is 24.3 Å². The van der Waals surface area contributed by atoms with Crippen molar-refractivity contribution >= 4 is 6.34 Å². The van der Waals surface area contributed by atoms with Crippen molar-refractivity contribution in [3.63, 3.8) is 0 Å². The molecule has 2 N–H and O–H groups in total. The Balaban J connectivity index is 2.91. The van der Waals surface area contributed by atoms with E-state index in [0.29, 0.717) is 5.92 Å². The summed E-state index contributed by atoms with van der Waals surface area (Å²) in [7, 11) is 0. The number of hydrogen-bond acceptors (Lipinski definition) is 2. The molecule has 0 unspecified atom stereocenters. The summed E-state index contributed by atoms with van der Waals surface area (Å²) in [5.41, 5.74) is 6.22. The average Bonchev–Trinajstić information content (AvgIpc) is 2.15. The van der Waals surface area contributed by atoms with Crippen LogP contribution in [0.5, 0.6) is 5.75 Å². The van der Waals surface area contributed by atoms with E-state index >= 15 is 0 Å². The summed E-state index contributed by atoms with van der Waals surface area (Å²) >= 11 is 0. The molecule has 13 heavy (non-hydrogen) atoms. The molecule has 1 aromatic rings. The zero-order chi connectivity index (χ0) is 9.68. The maximum absolute atomic E-state index is 5.09. The molecule has 0 fully saturated rings. The summed E-state index contributed by atoms with van der Waals surface area (Å²) in [5, 5.41) is 3.54. The first-order chi connectivity index (χ1) is 6.25. The Labute approximate surface area is 78.2 Å². The fraction of sp³-hybridized carbons (Fsp3) is 0.300. The Morgan fingerprint density at radius 1 is 1.38 bits per heavy atom. The van der Waals surface area contributed by atoms with E-state index in [4.69, 9.17) is 10.6 Å². The smallest absolute Gasteiger partial charge is 0.161 e. The summed E-state index contributed by atoms with van der Waals surface area (Å²) in [5.74, 6) is 1.18. The molecule has 0 amide bonds. The van der Waals surface area contributed by atoms with Gasteiger partial charge in [0.15, 0.2) is 5.75 Å². The Hall–Kier alpha value is -1.51. The molecule has 0 radical (unpaired) electrons. The molecule has 1 rings (SSSR count). The number of para-hydroxylation sites is 1. The van der Waals surface area contributed by atoms with E-state index in [-0.39, 0.29) is 0 Å². The summed E-state index contributed by atoms with van der Waals surface area (Å²) in [6.07, 6.45) is 1.14. The molecule has 0 saturated heterocycles. The molecular weight excluding hydrogens is 164 g/mol. The molecular formula is C10H14N2O. The number of nitrogens with two attached hydrogens (primary N) is 1. The van der Waals surface area contributed by atoms with Crippen LogP contribution in [-0.2, 0) is 0 Å². The van der Waals surface area contributed by atoms with Crippen LogP contribution < -0.4 is 10.6 Å². The van der Waals surface area contributed by atoms with E-state index in [1.165, 1.54) is 0 Å². The van der Waals surface area contributed by atoms with Gasteiger partial charge in [-0.25, -0.2) is 0 Å². The van der Waals surface area contributed by atoms with Crippen LogP contribution in [0.2, 0.25) is 0 Å². The maximum Gasteiger partial charge on any atom is 0.161 e. The second-order valence-electron chi connectivity index (χ2n) is 3.04. The Kier molecular flexibility index (Phi) is 3.31. The van der Waals surface area contributed by atoms with Crippen molar-refractivity contribution in [3.8, 4) is 5.75 Å². The van der Waals surface area contributed by atoms with Crippen LogP contribution >= 0.6 is 0 Å². The summed E-state index contributed by atoms with van der Waals surface area (Å²) in [4.78, 5) is 5.09. The molecule has 1 aromatic carbocycles. The van der Waals surface area contributed by atoms with Crippen LogP contribution in [0.1, 0.15) is 25.3 Å². The third-order valence-corrected chi connectivity index (χ3v) is 1.75. The van der Waals surface area contributed by atoms with E-state index in [0.717, 1.165) is 17.7 Å². The third-order valence-electron chi connectivity index (χ3n) is 1.75. The van der Waals surface area contributed by atoms with Gasteiger partial charge in [-0.05, 0) is 12.0 Å². The lowest BCUT2D eigenvalue weighted by Gasteiger charge is -2.09. The third kappa shape index (κ3) is 2.47. The highest BCUT2D eigenvalue weighted by Crippen LogP contribution is 2.25. The van der Waals surface area contributed by atoms with Gasteiger partial charge in [0.1, 0.15) is 6.34 Å². The minimum Gasteiger partial charge on any atom is -0.387 e. The highest BCUT2D eigenvalue weighted by atomic mass is 16.6. The Morgan fingerprint density at radius 2 is 2.08 bits per heavy atom. The van der Waals surface area contributed by atoms with Gasteiger partial charge < -0.3 is 10.6 Å². The lowest BCUT2D eigenvalue weighted by atomic mass is 10.0. The minimum atomic E-state index is 0.421. The van der Waals surface area contributed by atoms with Crippen LogP contribution in [0.15, 0.2) is 29.4 Å². The molecule has 0 aliphatic rings. The lowest BCUT2D eigenvalue weighted by molar-refractivity contribution is 0.338. The Morgan fingerprint density at radius 3 is 2.69 bits per heavy atom. The minimum absolute atomic E-state index is 0.421. The van der Waals surface area contributed by atoms with Crippen molar-refractivity contribution in [2.45, 2.75) is 19.8 Å². The SMILES string of the molecule is CC(C)c1ccccc1O/N=C/N. The van der Waals surface area contributed by atoms with Gasteiger partial charge in [0, 0.05) is 5.56 Å². The van der Waals surface area contributed by atoms with Gasteiger partial charge in [-0.3, -0.25) is 0 Å².